The first kappa shape index (κ1) is 8.68. The molecule has 0 unspecified atom stereocenters. The summed E-state index contributed by atoms with van der Waals surface area (Å²) in [6.45, 7) is 3.83. The summed E-state index contributed by atoms with van der Waals surface area (Å²) in [7, 11) is 0. The highest BCUT2D eigenvalue weighted by molar-refractivity contribution is 5.87. The smallest absolute Gasteiger partial charge is 0.165 e. The fourth-order valence-electron chi connectivity index (χ4n) is 1.30. The Morgan fingerprint density at radius 2 is 2.00 bits per heavy atom. The number of nitrogens with zero attached hydrogens (tertiary/aromatic N) is 1. The maximum Gasteiger partial charge on any atom is 0.165 e. The third kappa shape index (κ3) is 2.99. The zero-order valence-corrected chi connectivity index (χ0v) is 6.75. The second kappa shape index (κ2) is 4.46. The van der Waals surface area contributed by atoms with Gasteiger partial charge in [0.2, 0.25) is 0 Å². The number of nitrogens with two attached hydrogens (primary N) is 1. The Labute approximate surface area is 67.5 Å². The van der Waals surface area contributed by atoms with E-state index >= 15 is 0 Å². The van der Waals surface area contributed by atoms with Crippen molar-refractivity contribution in [1.82, 2.24) is 4.90 Å². The lowest BCUT2D eigenvalue weighted by Crippen LogP contribution is -2.32. The Hall–Kier alpha value is -0.410. The normalized spacial score (nSPS) is 20.1. The molecule has 3 nitrogen and oxygen atoms in total. The van der Waals surface area contributed by atoms with Crippen molar-refractivity contribution in [3.63, 3.8) is 0 Å². The summed E-state index contributed by atoms with van der Waals surface area (Å²) < 4.78 is 0. The van der Waals surface area contributed by atoms with Crippen molar-refractivity contribution < 1.29 is 4.79 Å². The fourth-order valence-corrected chi connectivity index (χ4v) is 1.30. The highest BCUT2D eigenvalue weighted by Gasteiger charge is 2.12. The van der Waals surface area contributed by atoms with Gasteiger partial charge in [0.15, 0.2) is 5.78 Å². The van der Waals surface area contributed by atoms with E-state index in [1.54, 1.807) is 6.54 Å². The van der Waals surface area contributed by atoms with Gasteiger partial charge in [-0.3, -0.25) is 9.69 Å². The Kier molecular flexibility index (Phi) is 3.52. The minimum atomic E-state index is 0.0342. The van der Waals surface area contributed by atoms with Crippen molar-refractivity contribution in [3.8, 4) is 0 Å². The SMILES string of the molecule is NCC(=O)[CH]N1CCCCC1. The minimum Gasteiger partial charge on any atom is -0.324 e. The van der Waals surface area contributed by atoms with Gasteiger partial charge in [0.1, 0.15) is 0 Å². The molecule has 0 aliphatic carbocycles. The molecule has 0 aromatic rings. The van der Waals surface area contributed by atoms with Crippen molar-refractivity contribution >= 4 is 5.78 Å². The summed E-state index contributed by atoms with van der Waals surface area (Å²) in [6.07, 6.45) is 3.70. The molecule has 0 amide bonds. The molecule has 0 aromatic carbocycles. The maximum absolute atomic E-state index is 10.9. The summed E-state index contributed by atoms with van der Waals surface area (Å²) >= 11 is 0. The van der Waals surface area contributed by atoms with Crippen LogP contribution in [0.25, 0.3) is 0 Å². The molecule has 0 atom stereocenters. The number of likely N-dealkylation sites (tertiary alicyclic amines) is 1. The quantitative estimate of drug-likeness (QED) is 0.631. The summed E-state index contributed by atoms with van der Waals surface area (Å²) in [5, 5.41) is 0. The van der Waals surface area contributed by atoms with Crippen LogP contribution in [0.2, 0.25) is 0 Å². The third-order valence-corrected chi connectivity index (χ3v) is 1.92. The predicted molar refractivity (Wildman–Crippen MR) is 43.8 cm³/mol. The minimum absolute atomic E-state index is 0.0342. The van der Waals surface area contributed by atoms with Crippen LogP contribution in [0.1, 0.15) is 19.3 Å². The van der Waals surface area contributed by atoms with Crippen LogP contribution in [0.3, 0.4) is 0 Å². The van der Waals surface area contributed by atoms with Crippen molar-refractivity contribution in [3.05, 3.63) is 6.54 Å². The molecule has 1 aliphatic heterocycles. The van der Waals surface area contributed by atoms with E-state index < -0.39 is 0 Å². The molecule has 2 N–H and O–H groups in total. The lowest BCUT2D eigenvalue weighted by atomic mass is 10.1. The second-order valence-electron chi connectivity index (χ2n) is 2.90. The molecule has 1 rings (SSSR count). The van der Waals surface area contributed by atoms with Gasteiger partial charge in [0, 0.05) is 0 Å². The number of carbonyl (C=O) groups is 1. The highest BCUT2D eigenvalue weighted by atomic mass is 16.1. The van der Waals surface area contributed by atoms with Crippen molar-refractivity contribution in [1.29, 1.82) is 0 Å². The van der Waals surface area contributed by atoms with Crippen LogP contribution in [-0.4, -0.2) is 30.3 Å². The first-order valence-corrected chi connectivity index (χ1v) is 4.15. The standard InChI is InChI=1S/C8H15N2O/c9-6-8(11)7-10-4-2-1-3-5-10/h7H,1-6,9H2. The first-order chi connectivity index (χ1) is 5.33. The number of piperidine rings is 1. The topological polar surface area (TPSA) is 46.3 Å². The fraction of sp³-hybridized carbons (Fsp3) is 0.750. The molecule has 1 fully saturated rings. The van der Waals surface area contributed by atoms with Gasteiger partial charge < -0.3 is 5.73 Å². The predicted octanol–water partition coefficient (Wildman–Crippen LogP) is 0.162. The van der Waals surface area contributed by atoms with E-state index in [4.69, 9.17) is 5.73 Å². The molecule has 3 heteroatoms. The van der Waals surface area contributed by atoms with Crippen LogP contribution < -0.4 is 5.73 Å². The summed E-state index contributed by atoms with van der Waals surface area (Å²) in [4.78, 5) is 12.9. The van der Waals surface area contributed by atoms with Gasteiger partial charge in [0.05, 0.1) is 13.1 Å². The Morgan fingerprint density at radius 1 is 1.36 bits per heavy atom. The van der Waals surface area contributed by atoms with Gasteiger partial charge in [-0.1, -0.05) is 6.42 Å². The van der Waals surface area contributed by atoms with E-state index in [1.807, 2.05) is 0 Å². The molecule has 1 saturated heterocycles. The lowest BCUT2D eigenvalue weighted by Gasteiger charge is -2.24. The molecule has 63 valence electrons. The van der Waals surface area contributed by atoms with Crippen LogP contribution in [0.15, 0.2) is 0 Å². The number of ketones is 1. The monoisotopic (exact) mass is 155 g/mol. The van der Waals surface area contributed by atoms with E-state index in [-0.39, 0.29) is 12.3 Å². The Morgan fingerprint density at radius 3 is 2.55 bits per heavy atom. The average Bonchev–Trinajstić information content (AvgIpc) is 2.06. The molecule has 11 heavy (non-hydrogen) atoms. The summed E-state index contributed by atoms with van der Waals surface area (Å²) in [6, 6.07) is 0. The van der Waals surface area contributed by atoms with Crippen LogP contribution >= 0.6 is 0 Å². The molecule has 0 saturated carbocycles. The largest absolute Gasteiger partial charge is 0.324 e. The number of rotatable bonds is 3. The van der Waals surface area contributed by atoms with Gasteiger partial charge in [-0.15, -0.1) is 0 Å². The van der Waals surface area contributed by atoms with E-state index in [2.05, 4.69) is 4.90 Å². The zero-order chi connectivity index (χ0) is 8.10. The number of carbonyl (C=O) groups excluding carboxylic acids is 1. The molecular formula is C8H15N2O. The number of hydrogen-bond donors (Lipinski definition) is 1. The van der Waals surface area contributed by atoms with E-state index in [0.717, 1.165) is 13.1 Å². The molecule has 0 aromatic heterocycles. The van der Waals surface area contributed by atoms with Crippen molar-refractivity contribution in [2.45, 2.75) is 19.3 Å². The second-order valence-corrected chi connectivity index (χ2v) is 2.90. The summed E-state index contributed by atoms with van der Waals surface area (Å²) in [5.41, 5.74) is 5.18. The molecule has 1 aliphatic rings. The van der Waals surface area contributed by atoms with E-state index in [0.29, 0.717) is 0 Å². The first-order valence-electron chi connectivity index (χ1n) is 4.15. The van der Waals surface area contributed by atoms with Gasteiger partial charge in [-0.25, -0.2) is 0 Å². The molecule has 1 radical (unpaired) electrons. The maximum atomic E-state index is 10.9. The third-order valence-electron chi connectivity index (χ3n) is 1.92. The van der Waals surface area contributed by atoms with Gasteiger partial charge >= 0.3 is 0 Å². The molecule has 0 bridgehead atoms. The molecule has 0 spiro atoms. The van der Waals surface area contributed by atoms with Crippen LogP contribution in [0.5, 0.6) is 0 Å². The molecular weight excluding hydrogens is 140 g/mol. The summed E-state index contributed by atoms with van der Waals surface area (Å²) in [5.74, 6) is 0.0342. The van der Waals surface area contributed by atoms with Crippen molar-refractivity contribution in [2.24, 2.45) is 5.73 Å². The van der Waals surface area contributed by atoms with Gasteiger partial charge in [-0.05, 0) is 25.9 Å². The molecule has 1 heterocycles. The van der Waals surface area contributed by atoms with Crippen molar-refractivity contribution in [2.75, 3.05) is 19.6 Å². The highest BCUT2D eigenvalue weighted by Crippen LogP contribution is 2.09. The van der Waals surface area contributed by atoms with E-state index in [9.17, 15) is 4.79 Å². The van der Waals surface area contributed by atoms with Crippen LogP contribution in [0.4, 0.5) is 0 Å². The van der Waals surface area contributed by atoms with Gasteiger partial charge in [-0.2, -0.15) is 0 Å². The van der Waals surface area contributed by atoms with Crippen LogP contribution in [-0.2, 0) is 4.79 Å². The Balaban J connectivity index is 2.19. The number of Topliss-reactive ketones (excluding diaryl/α,β-unsaturated/α-hetero) is 1. The average molecular weight is 155 g/mol. The van der Waals surface area contributed by atoms with Gasteiger partial charge in [0.25, 0.3) is 0 Å². The Bertz CT molecular complexity index is 130. The number of hydrogen-bond acceptors (Lipinski definition) is 3. The zero-order valence-electron chi connectivity index (χ0n) is 6.75. The lowest BCUT2D eigenvalue weighted by molar-refractivity contribution is -0.116. The van der Waals surface area contributed by atoms with Crippen LogP contribution in [0, 0.1) is 6.54 Å². The van der Waals surface area contributed by atoms with E-state index in [1.165, 1.54) is 19.3 Å².